The quantitative estimate of drug-likeness (QED) is 0.813. The molecule has 0 aliphatic carbocycles. The molecule has 0 amide bonds. The first kappa shape index (κ1) is 12.6. The second-order valence-corrected chi connectivity index (χ2v) is 5.70. The minimum Gasteiger partial charge on any atom is -0.379 e. The molecule has 17 heavy (non-hydrogen) atoms. The fraction of sp³-hybridized carbons (Fsp3) is 0.500. The topological polar surface area (TPSA) is 12.0 Å². The second-order valence-electron chi connectivity index (χ2n) is 4.22. The summed E-state index contributed by atoms with van der Waals surface area (Å²) in [7, 11) is 0. The number of anilines is 1. The van der Waals surface area contributed by atoms with Crippen LogP contribution in [0.15, 0.2) is 12.1 Å². The van der Waals surface area contributed by atoms with Gasteiger partial charge in [0.15, 0.2) is 11.6 Å². The van der Waals surface area contributed by atoms with Crippen molar-refractivity contribution in [1.29, 1.82) is 0 Å². The molecule has 5 heteroatoms. The van der Waals surface area contributed by atoms with Crippen molar-refractivity contribution >= 4 is 17.4 Å². The third-order valence-electron chi connectivity index (χ3n) is 2.94. The number of nitrogens with one attached hydrogen (secondary N) is 1. The van der Waals surface area contributed by atoms with Crippen molar-refractivity contribution in [3.63, 3.8) is 0 Å². The highest BCUT2D eigenvalue weighted by Gasteiger charge is 2.23. The van der Waals surface area contributed by atoms with Crippen LogP contribution in [0.2, 0.25) is 0 Å². The summed E-state index contributed by atoms with van der Waals surface area (Å²) in [6, 6.07) is 1.62. The fourth-order valence-electron chi connectivity index (χ4n) is 1.97. The van der Waals surface area contributed by atoms with Gasteiger partial charge in [-0.25, -0.2) is 13.2 Å². The number of benzene rings is 1. The Bertz CT molecular complexity index is 411. The maximum atomic E-state index is 13.5. The number of thioether (sulfide) groups is 1. The average Bonchev–Trinajstić information content (AvgIpc) is 2.28. The molecule has 1 aliphatic heterocycles. The highest BCUT2D eigenvalue weighted by atomic mass is 32.2. The van der Waals surface area contributed by atoms with E-state index in [0.29, 0.717) is 11.3 Å². The predicted octanol–water partition coefficient (Wildman–Crippen LogP) is 3.80. The van der Waals surface area contributed by atoms with Gasteiger partial charge in [0.1, 0.15) is 5.82 Å². The van der Waals surface area contributed by atoms with Crippen molar-refractivity contribution in [1.82, 2.24) is 0 Å². The number of hydrogen-bond acceptors (Lipinski definition) is 2. The van der Waals surface area contributed by atoms with Gasteiger partial charge in [-0.3, -0.25) is 0 Å². The molecule has 2 rings (SSSR count). The van der Waals surface area contributed by atoms with Crippen LogP contribution in [0, 0.1) is 17.5 Å². The van der Waals surface area contributed by atoms with E-state index in [4.69, 9.17) is 0 Å². The molecule has 0 radical (unpaired) electrons. The highest BCUT2D eigenvalue weighted by Crippen LogP contribution is 2.29. The number of hydrogen-bond donors (Lipinski definition) is 1. The molecular weight excluding hydrogens is 247 g/mol. The number of rotatable bonds is 2. The second kappa shape index (κ2) is 5.21. The van der Waals surface area contributed by atoms with Crippen molar-refractivity contribution in [2.75, 3.05) is 11.1 Å². The standard InChI is InChI=1S/C12H14F3NS/c1-7-10(3-2-4-17-7)16-11-6-8(13)5-9(14)12(11)15/h5-7,10,16H,2-4H2,1H3. The van der Waals surface area contributed by atoms with E-state index in [9.17, 15) is 13.2 Å². The van der Waals surface area contributed by atoms with Gasteiger partial charge in [-0.15, -0.1) is 0 Å². The molecule has 2 atom stereocenters. The van der Waals surface area contributed by atoms with Gasteiger partial charge in [0.2, 0.25) is 0 Å². The van der Waals surface area contributed by atoms with Gasteiger partial charge in [0, 0.05) is 23.4 Å². The molecule has 0 bridgehead atoms. The predicted molar refractivity (Wildman–Crippen MR) is 64.9 cm³/mol. The lowest BCUT2D eigenvalue weighted by atomic mass is 10.1. The SMILES string of the molecule is CC1SCCCC1Nc1cc(F)cc(F)c1F. The molecule has 1 aromatic rings. The Morgan fingerprint density at radius 1 is 1.29 bits per heavy atom. The van der Waals surface area contributed by atoms with Gasteiger partial charge in [0.05, 0.1) is 5.69 Å². The van der Waals surface area contributed by atoms with Gasteiger partial charge >= 0.3 is 0 Å². The summed E-state index contributed by atoms with van der Waals surface area (Å²) in [6.45, 7) is 2.04. The van der Waals surface area contributed by atoms with Crippen LogP contribution in [0.3, 0.4) is 0 Å². The van der Waals surface area contributed by atoms with Crippen LogP contribution in [0.25, 0.3) is 0 Å². The van der Waals surface area contributed by atoms with Crippen molar-refractivity contribution in [3.8, 4) is 0 Å². The van der Waals surface area contributed by atoms with Crippen LogP contribution in [0.5, 0.6) is 0 Å². The first-order chi connectivity index (χ1) is 8.08. The summed E-state index contributed by atoms with van der Waals surface area (Å²) in [5.74, 6) is -1.83. The maximum Gasteiger partial charge on any atom is 0.182 e. The van der Waals surface area contributed by atoms with E-state index in [1.165, 1.54) is 0 Å². The minimum absolute atomic E-state index is 0.0597. The normalized spacial score (nSPS) is 24.7. The minimum atomic E-state index is -1.15. The zero-order valence-corrected chi connectivity index (χ0v) is 10.3. The zero-order valence-electron chi connectivity index (χ0n) is 9.47. The Morgan fingerprint density at radius 2 is 2.06 bits per heavy atom. The lowest BCUT2D eigenvalue weighted by Gasteiger charge is -2.30. The Balaban J connectivity index is 2.17. The highest BCUT2D eigenvalue weighted by molar-refractivity contribution is 8.00. The smallest absolute Gasteiger partial charge is 0.182 e. The van der Waals surface area contributed by atoms with Gasteiger partial charge in [-0.05, 0) is 18.6 Å². The average molecular weight is 261 g/mol. The van der Waals surface area contributed by atoms with E-state index in [2.05, 4.69) is 5.32 Å². The summed E-state index contributed by atoms with van der Waals surface area (Å²) in [5, 5.41) is 3.22. The van der Waals surface area contributed by atoms with Crippen molar-refractivity contribution in [2.24, 2.45) is 0 Å². The first-order valence-electron chi connectivity index (χ1n) is 5.60. The fourth-order valence-corrected chi connectivity index (χ4v) is 3.12. The van der Waals surface area contributed by atoms with E-state index in [-0.39, 0.29) is 11.7 Å². The molecule has 1 N–H and O–H groups in total. The van der Waals surface area contributed by atoms with Gasteiger partial charge in [-0.2, -0.15) is 11.8 Å². The molecule has 1 heterocycles. The van der Waals surface area contributed by atoms with E-state index in [0.717, 1.165) is 24.7 Å². The third kappa shape index (κ3) is 2.89. The Hall–Kier alpha value is -0.840. The van der Waals surface area contributed by atoms with E-state index >= 15 is 0 Å². The monoisotopic (exact) mass is 261 g/mol. The van der Waals surface area contributed by atoms with Gasteiger partial charge < -0.3 is 5.32 Å². The largest absolute Gasteiger partial charge is 0.379 e. The van der Waals surface area contributed by atoms with Crippen LogP contribution >= 0.6 is 11.8 Å². The molecule has 1 saturated heterocycles. The van der Waals surface area contributed by atoms with Gasteiger partial charge in [0.25, 0.3) is 0 Å². The van der Waals surface area contributed by atoms with Crippen LogP contribution in [-0.4, -0.2) is 17.0 Å². The molecule has 0 spiro atoms. The summed E-state index contributed by atoms with van der Waals surface area (Å²) in [6.07, 6.45) is 1.93. The molecule has 1 aromatic carbocycles. The summed E-state index contributed by atoms with van der Waals surface area (Å²) in [4.78, 5) is 0. The molecule has 1 fully saturated rings. The molecular formula is C12H14F3NS. The number of halogens is 3. The van der Waals surface area contributed by atoms with Crippen LogP contribution in [0.1, 0.15) is 19.8 Å². The Morgan fingerprint density at radius 3 is 2.76 bits per heavy atom. The molecule has 94 valence electrons. The first-order valence-corrected chi connectivity index (χ1v) is 6.65. The summed E-state index contributed by atoms with van der Waals surface area (Å²) >= 11 is 1.79. The third-order valence-corrected chi connectivity index (χ3v) is 4.32. The lowest BCUT2D eigenvalue weighted by molar-refractivity contribution is 0.494. The van der Waals surface area contributed by atoms with E-state index < -0.39 is 17.5 Å². The van der Waals surface area contributed by atoms with Crippen LogP contribution < -0.4 is 5.32 Å². The zero-order chi connectivity index (χ0) is 12.4. The maximum absolute atomic E-state index is 13.5. The van der Waals surface area contributed by atoms with Gasteiger partial charge in [-0.1, -0.05) is 6.92 Å². The van der Waals surface area contributed by atoms with Crippen LogP contribution in [-0.2, 0) is 0 Å². The summed E-state index contributed by atoms with van der Waals surface area (Å²) in [5.41, 5.74) is -0.0816. The van der Waals surface area contributed by atoms with Crippen molar-refractivity contribution in [2.45, 2.75) is 31.1 Å². The lowest BCUT2D eigenvalue weighted by Crippen LogP contribution is -2.33. The molecule has 2 unspecified atom stereocenters. The molecule has 0 saturated carbocycles. The molecule has 1 aliphatic rings. The summed E-state index contributed by atoms with van der Waals surface area (Å²) < 4.78 is 39.5. The molecule has 1 nitrogen and oxygen atoms in total. The van der Waals surface area contributed by atoms with E-state index in [1.807, 2.05) is 6.92 Å². The Labute approximate surface area is 103 Å². The molecule has 0 aromatic heterocycles. The van der Waals surface area contributed by atoms with Crippen molar-refractivity contribution < 1.29 is 13.2 Å². The van der Waals surface area contributed by atoms with Crippen LogP contribution in [0.4, 0.5) is 18.9 Å². The van der Waals surface area contributed by atoms with Crippen molar-refractivity contribution in [3.05, 3.63) is 29.6 Å². The Kier molecular flexibility index (Phi) is 3.86. The van der Waals surface area contributed by atoms with E-state index in [1.54, 1.807) is 11.8 Å².